The minimum Gasteiger partial charge on any atom is -0.496 e. The molecule has 0 radical (unpaired) electrons. The van der Waals surface area contributed by atoms with E-state index in [2.05, 4.69) is 38.5 Å². The maximum Gasteiger partial charge on any atom is 0.133 e. The molecule has 106 valence electrons. The lowest BCUT2D eigenvalue weighted by Gasteiger charge is -2.15. The summed E-state index contributed by atoms with van der Waals surface area (Å²) in [6, 6.07) is 10.4. The SMILES string of the molecule is COc1ccc(CC(N)c2ccc(F)cc2I)cc1Br. The van der Waals surface area contributed by atoms with Gasteiger partial charge in [-0.2, -0.15) is 0 Å². The van der Waals surface area contributed by atoms with Crippen molar-refractivity contribution in [2.75, 3.05) is 7.11 Å². The average molecular weight is 450 g/mol. The Kier molecular flexibility index (Phi) is 5.40. The molecule has 0 aliphatic heterocycles. The van der Waals surface area contributed by atoms with Crippen LogP contribution in [0, 0.1) is 9.39 Å². The molecule has 0 aliphatic carbocycles. The second-order valence-electron chi connectivity index (χ2n) is 4.45. The van der Waals surface area contributed by atoms with E-state index < -0.39 is 0 Å². The van der Waals surface area contributed by atoms with Crippen molar-refractivity contribution < 1.29 is 9.13 Å². The summed E-state index contributed by atoms with van der Waals surface area (Å²) in [6.45, 7) is 0. The zero-order valence-electron chi connectivity index (χ0n) is 10.9. The summed E-state index contributed by atoms with van der Waals surface area (Å²) >= 11 is 5.57. The molecular formula is C15H14BrFINO. The fourth-order valence-corrected chi connectivity index (χ4v) is 3.47. The van der Waals surface area contributed by atoms with E-state index >= 15 is 0 Å². The summed E-state index contributed by atoms with van der Waals surface area (Å²) in [4.78, 5) is 0. The summed E-state index contributed by atoms with van der Waals surface area (Å²) in [5.41, 5.74) is 8.28. The Morgan fingerprint density at radius 1 is 1.30 bits per heavy atom. The van der Waals surface area contributed by atoms with Gasteiger partial charge in [-0.05, 0) is 80.3 Å². The molecule has 0 amide bonds. The van der Waals surface area contributed by atoms with Crippen molar-refractivity contribution in [3.05, 3.63) is 61.4 Å². The highest BCUT2D eigenvalue weighted by Crippen LogP contribution is 2.28. The van der Waals surface area contributed by atoms with Gasteiger partial charge in [0, 0.05) is 9.61 Å². The first-order valence-electron chi connectivity index (χ1n) is 6.04. The summed E-state index contributed by atoms with van der Waals surface area (Å²) < 4.78 is 20.1. The number of hydrogen-bond donors (Lipinski definition) is 1. The van der Waals surface area contributed by atoms with Crippen molar-refractivity contribution in [2.45, 2.75) is 12.5 Å². The van der Waals surface area contributed by atoms with Crippen LogP contribution in [-0.2, 0) is 6.42 Å². The first-order valence-corrected chi connectivity index (χ1v) is 7.91. The van der Waals surface area contributed by atoms with Gasteiger partial charge in [0.25, 0.3) is 0 Å². The molecule has 0 saturated carbocycles. The molecule has 1 atom stereocenters. The van der Waals surface area contributed by atoms with E-state index in [9.17, 15) is 4.39 Å². The van der Waals surface area contributed by atoms with E-state index in [1.54, 1.807) is 13.2 Å². The molecule has 0 bridgehead atoms. The van der Waals surface area contributed by atoms with Gasteiger partial charge in [-0.1, -0.05) is 12.1 Å². The monoisotopic (exact) mass is 449 g/mol. The maximum absolute atomic E-state index is 13.1. The van der Waals surface area contributed by atoms with Crippen LogP contribution in [0.4, 0.5) is 4.39 Å². The first kappa shape index (κ1) is 15.7. The predicted octanol–water partition coefficient (Wildman–Crippen LogP) is 4.44. The lowest BCUT2D eigenvalue weighted by atomic mass is 10.00. The van der Waals surface area contributed by atoms with E-state index in [0.29, 0.717) is 6.42 Å². The molecule has 0 saturated heterocycles. The average Bonchev–Trinajstić information content (AvgIpc) is 2.38. The Labute approximate surface area is 139 Å². The molecule has 0 aliphatic rings. The molecule has 2 rings (SSSR count). The third kappa shape index (κ3) is 3.71. The molecule has 2 aromatic rings. The third-order valence-electron chi connectivity index (χ3n) is 3.03. The van der Waals surface area contributed by atoms with Crippen molar-refractivity contribution in [3.8, 4) is 5.75 Å². The third-order valence-corrected chi connectivity index (χ3v) is 4.59. The molecule has 5 heteroatoms. The Bertz CT molecular complexity index is 621. The number of hydrogen-bond acceptors (Lipinski definition) is 2. The van der Waals surface area contributed by atoms with Gasteiger partial charge in [0.15, 0.2) is 0 Å². The number of nitrogens with two attached hydrogens (primary N) is 1. The Morgan fingerprint density at radius 3 is 2.65 bits per heavy atom. The Hall–Kier alpha value is -0.660. The first-order chi connectivity index (χ1) is 9.51. The second kappa shape index (κ2) is 6.87. The van der Waals surface area contributed by atoms with Crippen molar-refractivity contribution in [2.24, 2.45) is 5.73 Å². The fraction of sp³-hybridized carbons (Fsp3) is 0.200. The summed E-state index contributed by atoms with van der Waals surface area (Å²) in [6.07, 6.45) is 0.685. The van der Waals surface area contributed by atoms with Gasteiger partial charge in [-0.15, -0.1) is 0 Å². The lowest BCUT2D eigenvalue weighted by Crippen LogP contribution is -2.15. The molecule has 2 nitrogen and oxygen atoms in total. The smallest absolute Gasteiger partial charge is 0.133 e. The molecular weight excluding hydrogens is 436 g/mol. The highest BCUT2D eigenvalue weighted by atomic mass is 127. The van der Waals surface area contributed by atoms with Gasteiger partial charge in [0.05, 0.1) is 11.6 Å². The zero-order valence-corrected chi connectivity index (χ0v) is 14.6. The maximum atomic E-state index is 13.1. The van der Waals surface area contributed by atoms with Crippen LogP contribution in [0.15, 0.2) is 40.9 Å². The number of rotatable bonds is 4. The highest BCUT2D eigenvalue weighted by Gasteiger charge is 2.12. The van der Waals surface area contributed by atoms with Crippen LogP contribution in [0.2, 0.25) is 0 Å². The van der Waals surface area contributed by atoms with Gasteiger partial charge in [-0.25, -0.2) is 4.39 Å². The molecule has 0 heterocycles. The van der Waals surface area contributed by atoms with Crippen LogP contribution in [-0.4, -0.2) is 7.11 Å². The molecule has 0 aromatic heterocycles. The molecule has 2 aromatic carbocycles. The Balaban J connectivity index is 2.18. The van der Waals surface area contributed by atoms with Gasteiger partial charge in [0.2, 0.25) is 0 Å². The number of halogens is 3. The van der Waals surface area contributed by atoms with Crippen LogP contribution in [0.1, 0.15) is 17.2 Å². The number of benzene rings is 2. The lowest BCUT2D eigenvalue weighted by molar-refractivity contribution is 0.412. The topological polar surface area (TPSA) is 35.2 Å². The van der Waals surface area contributed by atoms with E-state index in [1.807, 2.05) is 18.2 Å². The van der Waals surface area contributed by atoms with Gasteiger partial charge >= 0.3 is 0 Å². The van der Waals surface area contributed by atoms with Gasteiger partial charge in [0.1, 0.15) is 11.6 Å². The van der Waals surface area contributed by atoms with Crippen molar-refractivity contribution >= 4 is 38.5 Å². The number of ether oxygens (including phenoxy) is 1. The van der Waals surface area contributed by atoms with Crippen molar-refractivity contribution in [1.29, 1.82) is 0 Å². The van der Waals surface area contributed by atoms with E-state index in [0.717, 1.165) is 24.9 Å². The summed E-state index contributed by atoms with van der Waals surface area (Å²) in [7, 11) is 1.63. The molecule has 20 heavy (non-hydrogen) atoms. The molecule has 2 N–H and O–H groups in total. The van der Waals surface area contributed by atoms with Gasteiger partial charge < -0.3 is 10.5 Å². The summed E-state index contributed by atoms with van der Waals surface area (Å²) in [5.74, 6) is 0.552. The van der Waals surface area contributed by atoms with Crippen LogP contribution in [0.5, 0.6) is 5.75 Å². The van der Waals surface area contributed by atoms with E-state index in [1.165, 1.54) is 12.1 Å². The fourth-order valence-electron chi connectivity index (χ4n) is 2.00. The standard InChI is InChI=1S/C15H14BrFINO/c1-20-15-5-2-9(6-12(15)16)7-14(19)11-4-3-10(17)8-13(11)18/h2-6,8,14H,7,19H2,1H3. The van der Waals surface area contributed by atoms with Crippen molar-refractivity contribution in [3.63, 3.8) is 0 Å². The minimum atomic E-state index is -0.238. The minimum absolute atomic E-state index is 0.164. The van der Waals surface area contributed by atoms with E-state index in [4.69, 9.17) is 10.5 Å². The molecule has 0 spiro atoms. The zero-order chi connectivity index (χ0) is 14.7. The van der Waals surface area contributed by atoms with E-state index in [-0.39, 0.29) is 11.9 Å². The summed E-state index contributed by atoms with van der Waals surface area (Å²) in [5, 5.41) is 0. The van der Waals surface area contributed by atoms with Crippen LogP contribution < -0.4 is 10.5 Å². The molecule has 0 fully saturated rings. The molecule has 1 unspecified atom stereocenters. The predicted molar refractivity (Wildman–Crippen MR) is 90.4 cm³/mol. The van der Waals surface area contributed by atoms with Crippen LogP contribution in [0.25, 0.3) is 0 Å². The number of methoxy groups -OCH3 is 1. The van der Waals surface area contributed by atoms with Gasteiger partial charge in [-0.3, -0.25) is 0 Å². The van der Waals surface area contributed by atoms with Crippen molar-refractivity contribution in [1.82, 2.24) is 0 Å². The Morgan fingerprint density at radius 2 is 2.05 bits per heavy atom. The normalized spacial score (nSPS) is 12.2. The van der Waals surface area contributed by atoms with Crippen LogP contribution >= 0.6 is 38.5 Å². The quantitative estimate of drug-likeness (QED) is 0.700. The second-order valence-corrected chi connectivity index (χ2v) is 6.46. The van der Waals surface area contributed by atoms with Crippen LogP contribution in [0.3, 0.4) is 0 Å². The largest absolute Gasteiger partial charge is 0.496 e. The highest BCUT2D eigenvalue weighted by molar-refractivity contribution is 14.1.